The van der Waals surface area contributed by atoms with E-state index in [0.29, 0.717) is 0 Å². The van der Waals surface area contributed by atoms with Crippen LogP contribution in [-0.4, -0.2) is 24.5 Å². The predicted octanol–water partition coefficient (Wildman–Crippen LogP) is 1.53. The van der Waals surface area contributed by atoms with Crippen molar-refractivity contribution in [1.82, 2.24) is 4.98 Å². The average Bonchev–Trinajstić information content (AvgIpc) is 2.41. The van der Waals surface area contributed by atoms with Crippen molar-refractivity contribution in [2.75, 3.05) is 4.72 Å². The fraction of sp³-hybridized carbons (Fsp3) is 0. The van der Waals surface area contributed by atoms with Crippen LogP contribution < -0.4 is 10.3 Å². The quantitative estimate of drug-likeness (QED) is 0.787. The Balaban J connectivity index is 2.37. The molecule has 7 nitrogen and oxygen atoms in total. The number of aromatic nitrogens is 1. The van der Waals surface area contributed by atoms with Crippen molar-refractivity contribution in [2.45, 2.75) is 4.90 Å². The maximum Gasteiger partial charge on any atom is 0.337 e. The maximum absolute atomic E-state index is 12.1. The number of benzene rings is 1. The molecule has 0 aliphatic rings. The Hall–Kier alpha value is -2.32. The van der Waals surface area contributed by atoms with Gasteiger partial charge in [0.2, 0.25) is 5.56 Å². The van der Waals surface area contributed by atoms with Crippen LogP contribution >= 0.6 is 11.6 Å². The lowest BCUT2D eigenvalue weighted by atomic mass is 10.2. The third-order valence-corrected chi connectivity index (χ3v) is 4.22. The van der Waals surface area contributed by atoms with Gasteiger partial charge in [-0.2, -0.15) is 0 Å². The SMILES string of the molecule is O=C(O)c1cc(NS(=O)(=O)c2ccc(=O)[nH]c2)ccc1Cl. The van der Waals surface area contributed by atoms with Crippen LogP contribution in [-0.2, 0) is 10.0 Å². The van der Waals surface area contributed by atoms with Gasteiger partial charge in [0.15, 0.2) is 0 Å². The van der Waals surface area contributed by atoms with Gasteiger partial charge in [0, 0.05) is 18.0 Å². The molecule has 0 atom stereocenters. The fourth-order valence-electron chi connectivity index (χ4n) is 1.53. The molecule has 9 heteroatoms. The highest BCUT2D eigenvalue weighted by atomic mass is 35.5. The minimum absolute atomic E-state index is 0.00510. The molecule has 0 amide bonds. The van der Waals surface area contributed by atoms with Crippen LogP contribution in [0.2, 0.25) is 5.02 Å². The van der Waals surface area contributed by atoms with Gasteiger partial charge in [0.25, 0.3) is 10.0 Å². The number of H-pyrrole nitrogens is 1. The molecule has 0 aliphatic heterocycles. The normalized spacial score (nSPS) is 11.1. The first-order chi connectivity index (χ1) is 9.79. The molecule has 0 fully saturated rings. The molecule has 1 aromatic carbocycles. The van der Waals surface area contributed by atoms with E-state index in [1.54, 1.807) is 0 Å². The van der Waals surface area contributed by atoms with Crippen molar-refractivity contribution in [3.63, 3.8) is 0 Å². The second-order valence-electron chi connectivity index (χ2n) is 3.99. The lowest BCUT2D eigenvalue weighted by molar-refractivity contribution is 0.0697. The minimum Gasteiger partial charge on any atom is -0.478 e. The van der Waals surface area contributed by atoms with Crippen LogP contribution in [0, 0.1) is 0 Å². The third-order valence-electron chi connectivity index (χ3n) is 2.51. The van der Waals surface area contributed by atoms with Crippen molar-refractivity contribution in [1.29, 1.82) is 0 Å². The van der Waals surface area contributed by atoms with Gasteiger partial charge in [-0.1, -0.05) is 11.6 Å². The molecular weight excluding hydrogens is 320 g/mol. The number of halogens is 1. The van der Waals surface area contributed by atoms with E-state index >= 15 is 0 Å². The zero-order chi connectivity index (χ0) is 15.6. The molecule has 21 heavy (non-hydrogen) atoms. The maximum atomic E-state index is 12.1. The Bertz CT molecular complexity index is 840. The number of pyridine rings is 1. The molecule has 0 saturated heterocycles. The summed E-state index contributed by atoms with van der Waals surface area (Å²) in [5, 5.41) is 8.93. The first-order valence-corrected chi connectivity index (χ1v) is 7.40. The van der Waals surface area contributed by atoms with Gasteiger partial charge in [-0.05, 0) is 24.3 Å². The summed E-state index contributed by atoms with van der Waals surface area (Å²) in [5.41, 5.74) is -0.616. The summed E-state index contributed by atoms with van der Waals surface area (Å²) in [5.74, 6) is -1.27. The summed E-state index contributed by atoms with van der Waals surface area (Å²) in [6, 6.07) is 5.91. The first-order valence-electron chi connectivity index (χ1n) is 5.54. The number of hydrogen-bond donors (Lipinski definition) is 3. The third kappa shape index (κ3) is 3.41. The average molecular weight is 329 g/mol. The summed E-state index contributed by atoms with van der Waals surface area (Å²) in [6.07, 6.45) is 1.04. The van der Waals surface area contributed by atoms with E-state index in [4.69, 9.17) is 16.7 Å². The van der Waals surface area contributed by atoms with Crippen LogP contribution in [0.5, 0.6) is 0 Å². The Kier molecular flexibility index (Phi) is 4.01. The number of carboxylic acids is 1. The highest BCUT2D eigenvalue weighted by Crippen LogP contribution is 2.22. The number of nitrogens with one attached hydrogen (secondary N) is 2. The van der Waals surface area contributed by atoms with E-state index < -0.39 is 21.6 Å². The predicted molar refractivity (Wildman–Crippen MR) is 76.3 cm³/mol. The lowest BCUT2D eigenvalue weighted by Crippen LogP contribution is -2.15. The molecule has 1 aromatic heterocycles. The largest absolute Gasteiger partial charge is 0.478 e. The summed E-state index contributed by atoms with van der Waals surface area (Å²) in [6.45, 7) is 0. The topological polar surface area (TPSA) is 116 Å². The fourth-order valence-corrected chi connectivity index (χ4v) is 2.74. The van der Waals surface area contributed by atoms with Gasteiger partial charge in [0.1, 0.15) is 4.90 Å². The number of hydrogen-bond acceptors (Lipinski definition) is 4. The molecule has 0 aliphatic carbocycles. The zero-order valence-electron chi connectivity index (χ0n) is 10.3. The Morgan fingerprint density at radius 2 is 1.95 bits per heavy atom. The van der Waals surface area contributed by atoms with Gasteiger partial charge in [-0.3, -0.25) is 9.52 Å². The van der Waals surface area contributed by atoms with Gasteiger partial charge in [0.05, 0.1) is 10.6 Å². The summed E-state index contributed by atoms with van der Waals surface area (Å²) in [7, 11) is -3.94. The summed E-state index contributed by atoms with van der Waals surface area (Å²) >= 11 is 5.70. The van der Waals surface area contributed by atoms with Crippen LogP contribution in [0.25, 0.3) is 0 Å². The van der Waals surface area contributed by atoms with E-state index in [9.17, 15) is 18.0 Å². The molecule has 2 aromatic rings. The Morgan fingerprint density at radius 1 is 1.24 bits per heavy atom. The first kappa shape index (κ1) is 15.1. The smallest absolute Gasteiger partial charge is 0.337 e. The molecule has 3 N–H and O–H groups in total. The van der Waals surface area contributed by atoms with Gasteiger partial charge < -0.3 is 10.1 Å². The molecule has 0 radical (unpaired) electrons. The van der Waals surface area contributed by atoms with Crippen molar-refractivity contribution in [2.24, 2.45) is 0 Å². The summed E-state index contributed by atoms with van der Waals surface area (Å²) in [4.78, 5) is 23.9. The highest BCUT2D eigenvalue weighted by Gasteiger charge is 2.16. The molecule has 110 valence electrons. The van der Waals surface area contributed by atoms with E-state index in [-0.39, 0.29) is 21.2 Å². The molecule has 1 heterocycles. The zero-order valence-corrected chi connectivity index (χ0v) is 11.9. The van der Waals surface area contributed by atoms with Gasteiger partial charge in [-0.15, -0.1) is 0 Å². The van der Waals surface area contributed by atoms with Crippen molar-refractivity contribution in [3.8, 4) is 0 Å². The van der Waals surface area contributed by atoms with E-state index in [2.05, 4.69) is 9.71 Å². The Morgan fingerprint density at radius 3 is 2.52 bits per heavy atom. The number of aromatic amines is 1. The van der Waals surface area contributed by atoms with Crippen molar-refractivity contribution in [3.05, 3.63) is 57.5 Å². The second kappa shape index (κ2) is 5.58. The number of rotatable bonds is 4. The number of carbonyl (C=O) groups is 1. The van der Waals surface area contributed by atoms with Crippen LogP contribution in [0.1, 0.15) is 10.4 Å². The second-order valence-corrected chi connectivity index (χ2v) is 6.08. The molecular formula is C12H9ClN2O5S. The van der Waals surface area contributed by atoms with Gasteiger partial charge in [-0.25, -0.2) is 13.2 Å². The number of sulfonamides is 1. The van der Waals surface area contributed by atoms with E-state index in [0.717, 1.165) is 24.4 Å². The van der Waals surface area contributed by atoms with Gasteiger partial charge >= 0.3 is 5.97 Å². The summed E-state index contributed by atoms with van der Waals surface area (Å²) < 4.78 is 26.3. The molecule has 0 spiro atoms. The van der Waals surface area contributed by atoms with Crippen LogP contribution in [0.3, 0.4) is 0 Å². The highest BCUT2D eigenvalue weighted by molar-refractivity contribution is 7.92. The molecule has 0 saturated carbocycles. The molecule has 2 rings (SSSR count). The molecule has 0 unspecified atom stereocenters. The Labute approximate surface area is 124 Å². The standard InChI is InChI=1S/C12H9ClN2O5S/c13-10-3-1-7(5-9(10)12(17)18)15-21(19,20)8-2-4-11(16)14-6-8/h1-6,15H,(H,14,16)(H,17,18). The van der Waals surface area contributed by atoms with Crippen molar-refractivity contribution < 1.29 is 18.3 Å². The number of carboxylic acid groups (broad SMARTS) is 1. The number of aromatic carboxylic acids is 1. The van der Waals surface area contributed by atoms with E-state index in [1.807, 2.05) is 0 Å². The van der Waals surface area contributed by atoms with E-state index in [1.165, 1.54) is 12.1 Å². The minimum atomic E-state index is -3.94. The number of anilines is 1. The van der Waals surface area contributed by atoms with Crippen molar-refractivity contribution >= 4 is 33.3 Å². The van der Waals surface area contributed by atoms with Crippen LogP contribution in [0.4, 0.5) is 5.69 Å². The monoisotopic (exact) mass is 328 g/mol. The van der Waals surface area contributed by atoms with Crippen LogP contribution in [0.15, 0.2) is 46.2 Å². The lowest BCUT2D eigenvalue weighted by Gasteiger charge is -2.09. The molecule has 0 bridgehead atoms.